The molecule has 1 amide bonds. The highest BCUT2D eigenvalue weighted by molar-refractivity contribution is 7.98. The normalized spacial score (nSPS) is 10.7. The summed E-state index contributed by atoms with van der Waals surface area (Å²) in [6.07, 6.45) is 1.59. The quantitative estimate of drug-likeness (QED) is 0.398. The van der Waals surface area contributed by atoms with Crippen LogP contribution >= 0.6 is 23.4 Å². The van der Waals surface area contributed by atoms with Gasteiger partial charge in [0.15, 0.2) is 11.0 Å². The van der Waals surface area contributed by atoms with Crippen LogP contribution in [0.25, 0.3) is 0 Å². The number of amides is 1. The Kier molecular flexibility index (Phi) is 6.96. The summed E-state index contributed by atoms with van der Waals surface area (Å²) in [6.45, 7) is 0.857. The number of hydrogen-bond acceptors (Lipinski definition) is 5. The first-order valence-corrected chi connectivity index (χ1v) is 11.1. The number of benzene rings is 2. The number of rotatable bonds is 8. The van der Waals surface area contributed by atoms with Crippen molar-refractivity contribution in [1.82, 2.24) is 25.1 Å². The van der Waals surface area contributed by atoms with Gasteiger partial charge in [-0.2, -0.15) is 0 Å². The number of aromatic nitrogens is 4. The summed E-state index contributed by atoms with van der Waals surface area (Å²) in [7, 11) is 0. The summed E-state index contributed by atoms with van der Waals surface area (Å²) >= 11 is 7.86. The van der Waals surface area contributed by atoms with Crippen molar-refractivity contribution in [2.75, 3.05) is 0 Å². The number of carbonyl (C=O) groups excluding carboxylic acids is 1. The van der Waals surface area contributed by atoms with Crippen molar-refractivity contribution < 1.29 is 4.79 Å². The van der Waals surface area contributed by atoms with E-state index in [4.69, 9.17) is 11.6 Å². The lowest BCUT2D eigenvalue weighted by molar-refractivity contribution is 0.0944. The molecule has 0 aliphatic carbocycles. The van der Waals surface area contributed by atoms with Gasteiger partial charge in [-0.05, 0) is 29.3 Å². The van der Waals surface area contributed by atoms with Crippen LogP contribution in [0.5, 0.6) is 0 Å². The fraction of sp³-hybridized carbons (Fsp3) is 0.130. The fourth-order valence-corrected chi connectivity index (χ4v) is 4.23. The first-order valence-electron chi connectivity index (χ1n) is 9.72. The third kappa shape index (κ3) is 5.51. The number of pyridine rings is 1. The van der Waals surface area contributed by atoms with Gasteiger partial charge in [-0.15, -0.1) is 10.2 Å². The smallest absolute Gasteiger partial charge is 0.270 e. The van der Waals surface area contributed by atoms with E-state index in [-0.39, 0.29) is 12.5 Å². The predicted molar refractivity (Wildman–Crippen MR) is 122 cm³/mol. The largest absolute Gasteiger partial charge is 0.343 e. The van der Waals surface area contributed by atoms with Crippen LogP contribution in [0.1, 0.15) is 27.4 Å². The van der Waals surface area contributed by atoms with Gasteiger partial charge in [-0.25, -0.2) is 0 Å². The second-order valence-electron chi connectivity index (χ2n) is 6.75. The highest BCUT2D eigenvalue weighted by atomic mass is 35.5. The molecular weight excluding hydrogens is 430 g/mol. The van der Waals surface area contributed by atoms with Gasteiger partial charge in [0.25, 0.3) is 5.91 Å². The van der Waals surface area contributed by atoms with Crippen molar-refractivity contribution in [1.29, 1.82) is 0 Å². The van der Waals surface area contributed by atoms with Crippen LogP contribution < -0.4 is 5.32 Å². The SMILES string of the molecule is O=C(NCc1nnc(SCc2ccccc2Cl)n1Cc1ccccc1)c1ccccn1. The molecule has 0 bridgehead atoms. The molecule has 4 aromatic rings. The van der Waals surface area contributed by atoms with Gasteiger partial charge in [0.05, 0.1) is 13.1 Å². The van der Waals surface area contributed by atoms with Gasteiger partial charge in [0.2, 0.25) is 0 Å². The Balaban J connectivity index is 1.53. The maximum atomic E-state index is 12.4. The lowest BCUT2D eigenvalue weighted by Crippen LogP contribution is -2.25. The molecule has 2 aromatic heterocycles. The van der Waals surface area contributed by atoms with Crippen LogP contribution in [0, 0.1) is 0 Å². The maximum Gasteiger partial charge on any atom is 0.270 e. The second-order valence-corrected chi connectivity index (χ2v) is 8.10. The summed E-state index contributed by atoms with van der Waals surface area (Å²) in [5.74, 6) is 1.10. The predicted octanol–water partition coefficient (Wildman–Crippen LogP) is 4.60. The van der Waals surface area contributed by atoms with Gasteiger partial charge in [-0.3, -0.25) is 9.78 Å². The lowest BCUT2D eigenvalue weighted by Gasteiger charge is -2.11. The number of carbonyl (C=O) groups is 1. The van der Waals surface area contributed by atoms with Crippen LogP contribution in [-0.4, -0.2) is 25.7 Å². The Morgan fingerprint density at radius 3 is 2.52 bits per heavy atom. The number of thioether (sulfide) groups is 1. The molecule has 31 heavy (non-hydrogen) atoms. The zero-order valence-electron chi connectivity index (χ0n) is 16.6. The molecule has 0 spiro atoms. The Bertz CT molecular complexity index is 1150. The summed E-state index contributed by atoms with van der Waals surface area (Å²) < 4.78 is 2.02. The standard InChI is InChI=1S/C23H20ClN5OS/c24-19-11-5-4-10-18(19)16-31-23-28-27-21(29(23)15-17-8-2-1-3-9-17)14-26-22(30)20-12-6-7-13-25-20/h1-13H,14-16H2,(H,26,30). The Morgan fingerprint density at radius 2 is 1.74 bits per heavy atom. The van der Waals surface area contributed by atoms with Crippen LogP contribution in [0.15, 0.2) is 84.1 Å². The first kappa shape index (κ1) is 21.1. The molecule has 0 saturated heterocycles. The summed E-state index contributed by atoms with van der Waals surface area (Å²) in [6, 6.07) is 23.1. The van der Waals surface area contributed by atoms with E-state index in [1.807, 2.05) is 47.0 Å². The van der Waals surface area contributed by atoms with Crippen LogP contribution in [0.3, 0.4) is 0 Å². The van der Waals surface area contributed by atoms with Crippen molar-refractivity contribution in [3.8, 4) is 0 Å². The van der Waals surface area contributed by atoms with Crippen molar-refractivity contribution in [2.45, 2.75) is 24.0 Å². The Hall–Kier alpha value is -3.16. The molecule has 0 fully saturated rings. The number of nitrogens with zero attached hydrogens (tertiary/aromatic N) is 4. The van der Waals surface area contributed by atoms with Crippen molar-refractivity contribution in [3.63, 3.8) is 0 Å². The van der Waals surface area contributed by atoms with E-state index in [1.54, 1.807) is 36.2 Å². The number of halogens is 1. The molecule has 0 aliphatic rings. The highest BCUT2D eigenvalue weighted by Crippen LogP contribution is 2.26. The van der Waals surface area contributed by atoms with Crippen LogP contribution in [-0.2, 0) is 18.8 Å². The minimum atomic E-state index is -0.250. The average molecular weight is 450 g/mol. The zero-order chi connectivity index (χ0) is 21.5. The number of nitrogens with one attached hydrogen (secondary N) is 1. The summed E-state index contributed by atoms with van der Waals surface area (Å²) in [5.41, 5.74) is 2.53. The molecule has 4 rings (SSSR count). The van der Waals surface area contributed by atoms with Gasteiger partial charge in [0.1, 0.15) is 5.69 Å². The average Bonchev–Trinajstić information content (AvgIpc) is 3.19. The minimum Gasteiger partial charge on any atom is -0.343 e. The third-order valence-corrected chi connectivity index (χ3v) is 5.98. The summed E-state index contributed by atoms with van der Waals surface area (Å²) in [4.78, 5) is 16.5. The molecule has 2 aromatic carbocycles. The fourth-order valence-electron chi connectivity index (χ4n) is 2.99. The lowest BCUT2D eigenvalue weighted by atomic mass is 10.2. The third-order valence-electron chi connectivity index (χ3n) is 4.60. The molecule has 0 atom stereocenters. The monoisotopic (exact) mass is 449 g/mol. The second kappa shape index (κ2) is 10.2. The van der Waals surface area contributed by atoms with E-state index >= 15 is 0 Å². The molecular formula is C23H20ClN5OS. The van der Waals surface area contributed by atoms with Gasteiger partial charge in [0, 0.05) is 17.0 Å². The van der Waals surface area contributed by atoms with E-state index < -0.39 is 0 Å². The van der Waals surface area contributed by atoms with E-state index in [1.165, 1.54) is 0 Å². The highest BCUT2D eigenvalue weighted by Gasteiger charge is 2.15. The van der Waals surface area contributed by atoms with Crippen LogP contribution in [0.4, 0.5) is 0 Å². The van der Waals surface area contributed by atoms with Gasteiger partial charge >= 0.3 is 0 Å². The van der Waals surface area contributed by atoms with Crippen molar-refractivity contribution in [2.24, 2.45) is 0 Å². The molecule has 156 valence electrons. The topological polar surface area (TPSA) is 72.7 Å². The Morgan fingerprint density at radius 1 is 0.968 bits per heavy atom. The van der Waals surface area contributed by atoms with E-state index in [2.05, 4.69) is 32.6 Å². The molecule has 0 aliphatic heterocycles. The Labute approximate surface area is 189 Å². The van der Waals surface area contributed by atoms with Gasteiger partial charge in [-0.1, -0.05) is 78.0 Å². The zero-order valence-corrected chi connectivity index (χ0v) is 18.2. The van der Waals surface area contributed by atoms with Crippen molar-refractivity contribution >= 4 is 29.3 Å². The first-order chi connectivity index (χ1) is 15.2. The van der Waals surface area contributed by atoms with Crippen molar-refractivity contribution in [3.05, 3.63) is 107 Å². The van der Waals surface area contributed by atoms with E-state index in [9.17, 15) is 4.79 Å². The minimum absolute atomic E-state index is 0.250. The summed E-state index contributed by atoms with van der Waals surface area (Å²) in [5, 5.41) is 13.1. The molecule has 2 heterocycles. The molecule has 0 radical (unpaired) electrons. The molecule has 8 heteroatoms. The van der Waals surface area contributed by atoms with E-state index in [0.29, 0.717) is 23.8 Å². The molecule has 6 nitrogen and oxygen atoms in total. The van der Waals surface area contributed by atoms with Gasteiger partial charge < -0.3 is 9.88 Å². The van der Waals surface area contributed by atoms with E-state index in [0.717, 1.165) is 21.3 Å². The molecule has 0 saturated carbocycles. The van der Waals surface area contributed by atoms with Crippen LogP contribution in [0.2, 0.25) is 5.02 Å². The number of hydrogen-bond donors (Lipinski definition) is 1. The maximum absolute atomic E-state index is 12.4. The molecule has 1 N–H and O–H groups in total. The molecule has 0 unspecified atom stereocenters.